The molecule has 1 nitrogen and oxygen atoms in total. The van der Waals surface area contributed by atoms with E-state index in [-0.39, 0.29) is 5.60 Å². The third-order valence-corrected chi connectivity index (χ3v) is 5.73. The zero-order valence-corrected chi connectivity index (χ0v) is 10.6. The van der Waals surface area contributed by atoms with Gasteiger partial charge in [-0.05, 0) is 62.2 Å². The fraction of sp³-hybridized carbons (Fsp3) is 1.00. The van der Waals surface area contributed by atoms with Gasteiger partial charge in [0.05, 0.1) is 5.60 Å². The van der Waals surface area contributed by atoms with Crippen LogP contribution in [0.4, 0.5) is 0 Å². The summed E-state index contributed by atoms with van der Waals surface area (Å²) in [5.41, 5.74) is -0.247. The summed E-state index contributed by atoms with van der Waals surface area (Å²) in [6, 6.07) is 0. The zero-order valence-electron chi connectivity index (χ0n) is 10.6. The van der Waals surface area contributed by atoms with Crippen LogP contribution < -0.4 is 0 Å². The summed E-state index contributed by atoms with van der Waals surface area (Å²) < 4.78 is 0. The molecule has 0 heterocycles. The molecule has 4 aliphatic carbocycles. The Morgan fingerprint density at radius 1 is 0.938 bits per heavy atom. The van der Waals surface area contributed by atoms with Crippen LogP contribution in [0.3, 0.4) is 0 Å². The van der Waals surface area contributed by atoms with Crippen molar-refractivity contribution in [3.05, 3.63) is 0 Å². The average molecular weight is 222 g/mol. The van der Waals surface area contributed by atoms with Crippen LogP contribution in [0.5, 0.6) is 0 Å². The molecule has 1 N–H and O–H groups in total. The molecular formula is C15H26O. The van der Waals surface area contributed by atoms with E-state index < -0.39 is 0 Å². The molecule has 16 heavy (non-hydrogen) atoms. The third kappa shape index (κ3) is 1.63. The monoisotopic (exact) mass is 222 g/mol. The molecule has 0 unspecified atom stereocenters. The largest absolute Gasteiger partial charge is 0.389 e. The van der Waals surface area contributed by atoms with Crippen LogP contribution in [-0.2, 0) is 0 Å². The van der Waals surface area contributed by atoms with E-state index >= 15 is 0 Å². The Morgan fingerprint density at radius 2 is 1.50 bits per heavy atom. The van der Waals surface area contributed by atoms with Crippen molar-refractivity contribution in [3.8, 4) is 0 Å². The van der Waals surface area contributed by atoms with Crippen LogP contribution in [0.15, 0.2) is 0 Å². The van der Waals surface area contributed by atoms with Crippen molar-refractivity contribution in [3.63, 3.8) is 0 Å². The lowest BCUT2D eigenvalue weighted by molar-refractivity contribution is -0.176. The Hall–Kier alpha value is -0.0400. The lowest BCUT2D eigenvalue weighted by Gasteiger charge is -2.59. The van der Waals surface area contributed by atoms with Gasteiger partial charge in [-0.15, -0.1) is 0 Å². The Balaban J connectivity index is 1.70. The molecule has 4 bridgehead atoms. The van der Waals surface area contributed by atoms with Crippen LogP contribution >= 0.6 is 0 Å². The second-order valence-electron chi connectivity index (χ2n) is 6.75. The van der Waals surface area contributed by atoms with Crippen LogP contribution in [0, 0.1) is 23.7 Å². The molecule has 0 aromatic heterocycles. The number of hydrogen-bond donors (Lipinski definition) is 1. The summed E-state index contributed by atoms with van der Waals surface area (Å²) in [6.45, 7) is 2.25. The van der Waals surface area contributed by atoms with Gasteiger partial charge in [-0.2, -0.15) is 0 Å². The summed E-state index contributed by atoms with van der Waals surface area (Å²) in [5, 5.41) is 11.0. The standard InChI is InChI=1S/C15H26O/c1-2-3-4-5-15(16)13-7-11-6-12(9-13)10-14(15)8-11/h11-14,16H,2-10H2,1H3. The van der Waals surface area contributed by atoms with Gasteiger partial charge in [0.2, 0.25) is 0 Å². The molecule has 0 aromatic carbocycles. The first-order valence-corrected chi connectivity index (χ1v) is 7.44. The Kier molecular flexibility index (Phi) is 2.78. The molecule has 4 saturated carbocycles. The molecular weight excluding hydrogens is 196 g/mol. The normalized spacial score (nSPS) is 49.9. The number of aliphatic hydroxyl groups is 1. The van der Waals surface area contributed by atoms with Gasteiger partial charge in [0.15, 0.2) is 0 Å². The highest BCUT2D eigenvalue weighted by Crippen LogP contribution is 2.59. The van der Waals surface area contributed by atoms with Crippen LogP contribution in [0.1, 0.15) is 64.7 Å². The molecule has 4 fully saturated rings. The number of hydrogen-bond acceptors (Lipinski definition) is 1. The van der Waals surface area contributed by atoms with Crippen LogP contribution in [0.2, 0.25) is 0 Å². The first kappa shape index (κ1) is 11.1. The zero-order chi connectivity index (χ0) is 11.2. The van der Waals surface area contributed by atoms with Gasteiger partial charge in [-0.25, -0.2) is 0 Å². The van der Waals surface area contributed by atoms with E-state index in [2.05, 4.69) is 6.92 Å². The molecule has 1 heteroatoms. The third-order valence-electron chi connectivity index (χ3n) is 5.73. The molecule has 4 aliphatic rings. The summed E-state index contributed by atoms with van der Waals surface area (Å²) in [6.07, 6.45) is 11.8. The fourth-order valence-corrected chi connectivity index (χ4v) is 5.07. The molecule has 0 aromatic rings. The van der Waals surface area contributed by atoms with E-state index in [4.69, 9.17) is 0 Å². The van der Waals surface area contributed by atoms with E-state index in [9.17, 15) is 5.11 Å². The van der Waals surface area contributed by atoms with Crippen molar-refractivity contribution < 1.29 is 5.11 Å². The molecule has 0 amide bonds. The van der Waals surface area contributed by atoms with Gasteiger partial charge in [-0.1, -0.05) is 26.2 Å². The molecule has 0 spiro atoms. The first-order chi connectivity index (χ1) is 7.72. The van der Waals surface area contributed by atoms with Crippen molar-refractivity contribution in [1.29, 1.82) is 0 Å². The van der Waals surface area contributed by atoms with Gasteiger partial charge in [0.1, 0.15) is 0 Å². The van der Waals surface area contributed by atoms with E-state index in [0.29, 0.717) is 11.8 Å². The molecule has 0 atom stereocenters. The lowest BCUT2D eigenvalue weighted by atomic mass is 9.49. The molecule has 0 radical (unpaired) electrons. The topological polar surface area (TPSA) is 20.2 Å². The fourth-order valence-electron chi connectivity index (χ4n) is 5.07. The highest BCUT2D eigenvalue weighted by atomic mass is 16.3. The summed E-state index contributed by atoms with van der Waals surface area (Å²) in [5.74, 6) is 3.30. The minimum absolute atomic E-state index is 0.247. The van der Waals surface area contributed by atoms with E-state index in [1.165, 1.54) is 51.4 Å². The van der Waals surface area contributed by atoms with Crippen LogP contribution in [0.25, 0.3) is 0 Å². The van der Waals surface area contributed by atoms with Crippen molar-refractivity contribution in [2.45, 2.75) is 70.3 Å². The quantitative estimate of drug-likeness (QED) is 0.718. The SMILES string of the molecule is CCCCCC1(O)C2CC3CC(C2)CC1C3. The van der Waals surface area contributed by atoms with E-state index in [1.807, 2.05) is 0 Å². The summed E-state index contributed by atoms with van der Waals surface area (Å²) >= 11 is 0. The second kappa shape index (κ2) is 4.01. The van der Waals surface area contributed by atoms with Gasteiger partial charge in [0.25, 0.3) is 0 Å². The maximum absolute atomic E-state index is 11.0. The molecule has 0 aliphatic heterocycles. The van der Waals surface area contributed by atoms with E-state index in [0.717, 1.165) is 18.3 Å². The summed E-state index contributed by atoms with van der Waals surface area (Å²) in [7, 11) is 0. The van der Waals surface area contributed by atoms with Gasteiger partial charge >= 0.3 is 0 Å². The lowest BCUT2D eigenvalue weighted by Crippen LogP contribution is -2.57. The van der Waals surface area contributed by atoms with Crippen molar-refractivity contribution >= 4 is 0 Å². The Bertz CT molecular complexity index is 230. The molecule has 92 valence electrons. The van der Waals surface area contributed by atoms with Crippen molar-refractivity contribution in [1.82, 2.24) is 0 Å². The number of rotatable bonds is 4. The van der Waals surface area contributed by atoms with Crippen molar-refractivity contribution in [2.75, 3.05) is 0 Å². The first-order valence-electron chi connectivity index (χ1n) is 7.44. The van der Waals surface area contributed by atoms with Crippen LogP contribution in [-0.4, -0.2) is 10.7 Å². The van der Waals surface area contributed by atoms with E-state index in [1.54, 1.807) is 0 Å². The highest BCUT2D eigenvalue weighted by molar-refractivity contribution is 5.06. The highest BCUT2D eigenvalue weighted by Gasteiger charge is 2.55. The Labute approximate surface area is 99.6 Å². The van der Waals surface area contributed by atoms with Gasteiger partial charge in [-0.3, -0.25) is 0 Å². The minimum atomic E-state index is -0.247. The molecule has 0 saturated heterocycles. The average Bonchev–Trinajstić information content (AvgIpc) is 2.25. The van der Waals surface area contributed by atoms with Gasteiger partial charge < -0.3 is 5.11 Å². The summed E-state index contributed by atoms with van der Waals surface area (Å²) in [4.78, 5) is 0. The Morgan fingerprint density at radius 3 is 2.00 bits per heavy atom. The second-order valence-corrected chi connectivity index (χ2v) is 6.75. The predicted octanol–water partition coefficient (Wildman–Crippen LogP) is 3.75. The maximum atomic E-state index is 11.0. The predicted molar refractivity (Wildman–Crippen MR) is 66.1 cm³/mol. The maximum Gasteiger partial charge on any atom is 0.0704 e. The van der Waals surface area contributed by atoms with Crippen molar-refractivity contribution in [2.24, 2.45) is 23.7 Å². The number of unbranched alkanes of at least 4 members (excludes halogenated alkanes) is 2. The molecule has 4 rings (SSSR count). The smallest absolute Gasteiger partial charge is 0.0704 e. The minimum Gasteiger partial charge on any atom is -0.389 e. The van der Waals surface area contributed by atoms with Gasteiger partial charge in [0, 0.05) is 0 Å².